The maximum Gasteiger partial charge on any atom is 0.267 e. The van der Waals surface area contributed by atoms with Gasteiger partial charge in [-0.15, -0.1) is 0 Å². The minimum Gasteiger partial charge on any atom is -0.326 e. The highest BCUT2D eigenvalue weighted by molar-refractivity contribution is 7.92. The normalized spacial score (nSPS) is 11.4. The molecule has 2 aromatic carbocycles. The molecule has 5 nitrogen and oxygen atoms in total. The zero-order valence-electron chi connectivity index (χ0n) is 13.0. The Morgan fingerprint density at radius 3 is 1.96 bits per heavy atom. The molecule has 2 N–H and O–H groups in total. The van der Waals surface area contributed by atoms with E-state index in [4.69, 9.17) is 0 Å². The van der Waals surface area contributed by atoms with E-state index in [9.17, 15) is 22.0 Å². The largest absolute Gasteiger partial charge is 0.326 e. The fraction of sp³-hybridized carbons (Fsp3) is 0.188. The SMILES string of the molecule is CC(C)C(=O)Nc1ccc(NS(=O)(=O)c2c(F)cccc2F)cc1. The lowest BCUT2D eigenvalue weighted by molar-refractivity contribution is -0.118. The number of anilines is 2. The zero-order valence-corrected chi connectivity index (χ0v) is 13.8. The van der Waals surface area contributed by atoms with Crippen molar-refractivity contribution in [3.05, 3.63) is 54.1 Å². The molecular weight excluding hydrogens is 338 g/mol. The van der Waals surface area contributed by atoms with Crippen LogP contribution in [0.3, 0.4) is 0 Å². The van der Waals surface area contributed by atoms with Crippen LogP contribution < -0.4 is 10.0 Å². The molecule has 0 bridgehead atoms. The van der Waals surface area contributed by atoms with Gasteiger partial charge in [-0.05, 0) is 36.4 Å². The Kier molecular flexibility index (Phi) is 5.18. The Bertz CT molecular complexity index is 830. The first-order valence-corrected chi connectivity index (χ1v) is 8.57. The first kappa shape index (κ1) is 17.9. The van der Waals surface area contributed by atoms with E-state index in [0.29, 0.717) is 5.69 Å². The lowest BCUT2D eigenvalue weighted by Gasteiger charge is -2.11. The summed E-state index contributed by atoms with van der Waals surface area (Å²) in [5, 5.41) is 2.65. The van der Waals surface area contributed by atoms with Gasteiger partial charge in [0, 0.05) is 17.3 Å². The van der Waals surface area contributed by atoms with Gasteiger partial charge >= 0.3 is 0 Å². The Labute approximate surface area is 138 Å². The number of rotatable bonds is 5. The number of carbonyl (C=O) groups is 1. The lowest BCUT2D eigenvalue weighted by Crippen LogP contribution is -2.18. The fourth-order valence-electron chi connectivity index (χ4n) is 1.85. The van der Waals surface area contributed by atoms with Crippen molar-refractivity contribution < 1.29 is 22.0 Å². The minimum atomic E-state index is -4.41. The first-order valence-electron chi connectivity index (χ1n) is 7.08. The lowest BCUT2D eigenvalue weighted by atomic mass is 10.2. The van der Waals surface area contributed by atoms with Gasteiger partial charge in [-0.1, -0.05) is 19.9 Å². The van der Waals surface area contributed by atoms with Crippen LogP contribution in [0.4, 0.5) is 20.2 Å². The molecule has 0 aliphatic carbocycles. The number of hydrogen-bond acceptors (Lipinski definition) is 3. The minimum absolute atomic E-state index is 0.111. The summed E-state index contributed by atoms with van der Waals surface area (Å²) >= 11 is 0. The highest BCUT2D eigenvalue weighted by Gasteiger charge is 2.23. The van der Waals surface area contributed by atoms with E-state index in [1.165, 1.54) is 24.3 Å². The monoisotopic (exact) mass is 354 g/mol. The molecule has 2 rings (SSSR count). The van der Waals surface area contributed by atoms with Gasteiger partial charge in [0.15, 0.2) is 4.90 Å². The Morgan fingerprint density at radius 1 is 0.958 bits per heavy atom. The summed E-state index contributed by atoms with van der Waals surface area (Å²) in [6.45, 7) is 3.47. The Hall–Kier alpha value is -2.48. The summed E-state index contributed by atoms with van der Waals surface area (Å²) in [5.41, 5.74) is 0.592. The summed E-state index contributed by atoms with van der Waals surface area (Å²) < 4.78 is 53.6. The Morgan fingerprint density at radius 2 is 1.46 bits per heavy atom. The number of benzene rings is 2. The van der Waals surface area contributed by atoms with Gasteiger partial charge in [0.05, 0.1) is 0 Å². The molecule has 0 atom stereocenters. The zero-order chi connectivity index (χ0) is 17.9. The molecule has 0 spiro atoms. The molecule has 0 saturated heterocycles. The molecule has 1 amide bonds. The van der Waals surface area contributed by atoms with Crippen LogP contribution in [-0.2, 0) is 14.8 Å². The van der Waals surface area contributed by atoms with Crippen molar-refractivity contribution in [1.82, 2.24) is 0 Å². The number of nitrogens with one attached hydrogen (secondary N) is 2. The Balaban J connectivity index is 2.20. The molecule has 0 radical (unpaired) electrons. The molecule has 0 heterocycles. The van der Waals surface area contributed by atoms with Crippen LogP contribution >= 0.6 is 0 Å². The van der Waals surface area contributed by atoms with Gasteiger partial charge in [-0.25, -0.2) is 17.2 Å². The first-order chi connectivity index (χ1) is 11.2. The number of sulfonamides is 1. The molecule has 0 saturated carbocycles. The van der Waals surface area contributed by atoms with Crippen molar-refractivity contribution in [3.63, 3.8) is 0 Å². The second-order valence-electron chi connectivity index (χ2n) is 5.38. The van der Waals surface area contributed by atoms with Crippen molar-refractivity contribution in [1.29, 1.82) is 0 Å². The van der Waals surface area contributed by atoms with Gasteiger partial charge in [-0.2, -0.15) is 0 Å². The average molecular weight is 354 g/mol. The van der Waals surface area contributed by atoms with E-state index in [1.807, 2.05) is 0 Å². The van der Waals surface area contributed by atoms with Crippen LogP contribution in [0.25, 0.3) is 0 Å². The topological polar surface area (TPSA) is 75.3 Å². The van der Waals surface area contributed by atoms with Crippen LogP contribution in [-0.4, -0.2) is 14.3 Å². The molecule has 0 fully saturated rings. The van der Waals surface area contributed by atoms with Gasteiger partial charge < -0.3 is 5.32 Å². The molecule has 128 valence electrons. The number of hydrogen-bond donors (Lipinski definition) is 2. The van der Waals surface area contributed by atoms with Crippen molar-refractivity contribution >= 4 is 27.3 Å². The molecule has 2 aromatic rings. The predicted molar refractivity (Wildman–Crippen MR) is 87.1 cm³/mol. The van der Waals surface area contributed by atoms with Crippen molar-refractivity contribution in [2.45, 2.75) is 18.7 Å². The van der Waals surface area contributed by atoms with Crippen molar-refractivity contribution in [3.8, 4) is 0 Å². The maximum absolute atomic E-state index is 13.6. The summed E-state index contributed by atoms with van der Waals surface area (Å²) in [6, 6.07) is 8.53. The highest BCUT2D eigenvalue weighted by atomic mass is 32.2. The molecule has 8 heteroatoms. The third kappa shape index (κ3) is 4.08. The fourth-order valence-corrected chi connectivity index (χ4v) is 3.05. The number of amides is 1. The van der Waals surface area contributed by atoms with Crippen LogP contribution in [0.15, 0.2) is 47.4 Å². The van der Waals surface area contributed by atoms with Crippen LogP contribution in [0.2, 0.25) is 0 Å². The maximum atomic E-state index is 13.6. The standard InChI is InChI=1S/C16H16F2N2O3S/c1-10(2)16(21)19-11-6-8-12(9-7-11)20-24(22,23)15-13(17)4-3-5-14(15)18/h3-10,20H,1-2H3,(H,19,21). The summed E-state index contributed by atoms with van der Waals surface area (Å²) in [6.07, 6.45) is 0. The third-order valence-electron chi connectivity index (χ3n) is 3.12. The van der Waals surface area contributed by atoms with Crippen LogP contribution in [0.5, 0.6) is 0 Å². The molecule has 0 unspecified atom stereocenters. The van der Waals surface area contributed by atoms with Crippen LogP contribution in [0, 0.1) is 17.6 Å². The highest BCUT2D eigenvalue weighted by Crippen LogP contribution is 2.22. The van der Waals surface area contributed by atoms with Crippen molar-refractivity contribution in [2.75, 3.05) is 10.0 Å². The second-order valence-corrected chi connectivity index (χ2v) is 7.00. The smallest absolute Gasteiger partial charge is 0.267 e. The average Bonchev–Trinajstić information content (AvgIpc) is 2.48. The van der Waals surface area contributed by atoms with E-state index in [2.05, 4.69) is 10.0 Å². The van der Waals surface area contributed by atoms with E-state index in [0.717, 1.165) is 18.2 Å². The summed E-state index contributed by atoms with van der Waals surface area (Å²) in [4.78, 5) is 10.5. The van der Waals surface area contributed by atoms with Gasteiger partial charge in [-0.3, -0.25) is 9.52 Å². The summed E-state index contributed by atoms with van der Waals surface area (Å²) in [7, 11) is -4.41. The molecule has 0 aromatic heterocycles. The van der Waals surface area contributed by atoms with Gasteiger partial charge in [0.2, 0.25) is 5.91 Å². The third-order valence-corrected chi connectivity index (χ3v) is 4.55. The molecule has 0 aliphatic rings. The van der Waals surface area contributed by atoms with Crippen LogP contribution in [0.1, 0.15) is 13.8 Å². The molecule has 0 aliphatic heterocycles. The number of halogens is 2. The number of carbonyl (C=O) groups excluding carboxylic acids is 1. The van der Waals surface area contributed by atoms with E-state index >= 15 is 0 Å². The second kappa shape index (κ2) is 6.96. The predicted octanol–water partition coefficient (Wildman–Crippen LogP) is 3.36. The summed E-state index contributed by atoms with van der Waals surface area (Å²) in [5.74, 6) is -2.74. The van der Waals surface area contributed by atoms with E-state index in [-0.39, 0.29) is 17.5 Å². The van der Waals surface area contributed by atoms with Gasteiger partial charge in [0.25, 0.3) is 10.0 Å². The van der Waals surface area contributed by atoms with Gasteiger partial charge in [0.1, 0.15) is 11.6 Å². The molecule has 24 heavy (non-hydrogen) atoms. The molecular formula is C16H16F2N2O3S. The van der Waals surface area contributed by atoms with E-state index < -0.39 is 26.6 Å². The van der Waals surface area contributed by atoms with Crippen molar-refractivity contribution in [2.24, 2.45) is 5.92 Å². The van der Waals surface area contributed by atoms with E-state index in [1.54, 1.807) is 13.8 Å². The quantitative estimate of drug-likeness (QED) is 0.864.